The van der Waals surface area contributed by atoms with Crippen molar-refractivity contribution in [1.82, 2.24) is 0 Å². The second-order valence-corrected chi connectivity index (χ2v) is 4.20. The highest BCUT2D eigenvalue weighted by molar-refractivity contribution is 5.88. The Bertz CT molecular complexity index is 394. The van der Waals surface area contributed by atoms with E-state index in [-0.39, 0.29) is 0 Å². The smallest absolute Gasteiger partial charge is 0.336 e. The van der Waals surface area contributed by atoms with Crippen LogP contribution in [0.5, 0.6) is 0 Å². The van der Waals surface area contributed by atoms with Gasteiger partial charge in [-0.25, -0.2) is 4.79 Å². The molecule has 11 nitrogen and oxygen atoms in total. The van der Waals surface area contributed by atoms with Gasteiger partial charge in [0.2, 0.25) is 6.29 Å². The van der Waals surface area contributed by atoms with Crippen LogP contribution in [0, 0.1) is 0 Å². The van der Waals surface area contributed by atoms with Crippen LogP contribution >= 0.6 is 0 Å². The molecule has 0 heterocycles. The maximum absolute atomic E-state index is 11.3. The lowest BCUT2D eigenvalue weighted by molar-refractivity contribution is -0.206. The summed E-state index contributed by atoms with van der Waals surface area (Å²) in [5.41, 5.74) is -2.96. The standard InChI is InChI=1S/C10H16O11/c11-3-4(12)7(16)8(17)21-6(15)2-10(20,9(18)19)1-5(13)14/h4,7-8,11-12,16-17,20H,1-3H2,(H,13,14)(H,18,19)/t4-,7-,8?,10?/m0/s1. The lowest BCUT2D eigenvalue weighted by Crippen LogP contribution is -2.46. The highest BCUT2D eigenvalue weighted by Gasteiger charge is 2.42. The topological polar surface area (TPSA) is 202 Å². The molecule has 0 aliphatic rings. The minimum atomic E-state index is -2.96. The summed E-state index contributed by atoms with van der Waals surface area (Å²) in [4.78, 5) is 32.5. The van der Waals surface area contributed by atoms with Gasteiger partial charge < -0.3 is 40.5 Å². The number of carbonyl (C=O) groups excluding carboxylic acids is 1. The molecular formula is C10H16O11. The number of hydrogen-bond acceptors (Lipinski definition) is 9. The Kier molecular flexibility index (Phi) is 7.18. The zero-order valence-electron chi connectivity index (χ0n) is 10.6. The first kappa shape index (κ1) is 19.2. The first-order valence-electron chi connectivity index (χ1n) is 5.55. The zero-order valence-corrected chi connectivity index (χ0v) is 10.6. The van der Waals surface area contributed by atoms with E-state index in [0.717, 1.165) is 0 Å². The van der Waals surface area contributed by atoms with Crippen LogP contribution < -0.4 is 0 Å². The summed E-state index contributed by atoms with van der Waals surface area (Å²) in [6.45, 7) is -0.951. The van der Waals surface area contributed by atoms with Crippen LogP contribution in [0.15, 0.2) is 0 Å². The van der Waals surface area contributed by atoms with Crippen molar-refractivity contribution >= 4 is 17.9 Å². The van der Waals surface area contributed by atoms with Crippen molar-refractivity contribution in [1.29, 1.82) is 0 Å². The Labute approximate surface area is 117 Å². The summed E-state index contributed by atoms with van der Waals surface area (Å²) in [5.74, 6) is -5.21. The molecule has 0 saturated carbocycles. The molecular weight excluding hydrogens is 296 g/mol. The summed E-state index contributed by atoms with van der Waals surface area (Å²) < 4.78 is 4.14. The highest BCUT2D eigenvalue weighted by Crippen LogP contribution is 2.18. The van der Waals surface area contributed by atoms with Gasteiger partial charge in [0.15, 0.2) is 5.60 Å². The van der Waals surface area contributed by atoms with E-state index in [4.69, 9.17) is 20.4 Å². The minimum absolute atomic E-state index is 0.951. The Morgan fingerprint density at radius 3 is 1.95 bits per heavy atom. The quantitative estimate of drug-likeness (QED) is 0.163. The molecule has 2 unspecified atom stereocenters. The molecule has 0 aliphatic carbocycles. The van der Waals surface area contributed by atoms with E-state index >= 15 is 0 Å². The molecule has 11 heteroatoms. The first-order valence-corrected chi connectivity index (χ1v) is 5.55. The molecule has 0 aromatic heterocycles. The van der Waals surface area contributed by atoms with Crippen LogP contribution in [0.2, 0.25) is 0 Å². The van der Waals surface area contributed by atoms with Crippen molar-refractivity contribution in [3.05, 3.63) is 0 Å². The number of esters is 1. The van der Waals surface area contributed by atoms with Crippen molar-refractivity contribution in [3.8, 4) is 0 Å². The minimum Gasteiger partial charge on any atom is -0.481 e. The van der Waals surface area contributed by atoms with Crippen LogP contribution in [-0.4, -0.2) is 84.4 Å². The number of aliphatic hydroxyl groups is 5. The summed E-state index contributed by atoms with van der Waals surface area (Å²) in [7, 11) is 0. The molecule has 122 valence electrons. The monoisotopic (exact) mass is 312 g/mol. The average molecular weight is 312 g/mol. The summed E-state index contributed by atoms with van der Waals surface area (Å²) in [5, 5.41) is 62.5. The molecule has 0 bridgehead atoms. The number of rotatable bonds is 9. The van der Waals surface area contributed by atoms with Gasteiger partial charge in [-0.15, -0.1) is 0 Å². The summed E-state index contributed by atoms with van der Waals surface area (Å²) in [6.07, 6.45) is -8.81. The molecule has 0 saturated heterocycles. The fourth-order valence-corrected chi connectivity index (χ4v) is 1.25. The van der Waals surface area contributed by atoms with Gasteiger partial charge in [0, 0.05) is 0 Å². The van der Waals surface area contributed by atoms with Gasteiger partial charge in [0.05, 0.1) is 19.4 Å². The molecule has 0 amide bonds. The Balaban J connectivity index is 4.72. The molecule has 0 rings (SSSR count). The van der Waals surface area contributed by atoms with Gasteiger partial charge >= 0.3 is 17.9 Å². The maximum atomic E-state index is 11.3. The largest absolute Gasteiger partial charge is 0.481 e. The third kappa shape index (κ3) is 6.01. The number of carboxylic acids is 2. The SMILES string of the molecule is O=C(O)CC(O)(CC(=O)OC(O)[C@@H](O)[C@@H](O)CO)C(=O)O. The fourth-order valence-electron chi connectivity index (χ4n) is 1.25. The van der Waals surface area contributed by atoms with Crippen LogP contribution in [0.3, 0.4) is 0 Å². The van der Waals surface area contributed by atoms with Gasteiger partial charge in [-0.2, -0.15) is 0 Å². The van der Waals surface area contributed by atoms with Gasteiger partial charge in [-0.3, -0.25) is 9.59 Å². The van der Waals surface area contributed by atoms with Crippen molar-refractivity contribution in [2.24, 2.45) is 0 Å². The van der Waals surface area contributed by atoms with E-state index in [1.165, 1.54) is 0 Å². The van der Waals surface area contributed by atoms with Gasteiger partial charge in [-0.05, 0) is 0 Å². The van der Waals surface area contributed by atoms with Crippen LogP contribution in [0.25, 0.3) is 0 Å². The van der Waals surface area contributed by atoms with E-state index in [9.17, 15) is 29.7 Å². The third-order valence-corrected chi connectivity index (χ3v) is 2.40. The summed E-state index contributed by atoms with van der Waals surface area (Å²) >= 11 is 0. The molecule has 0 spiro atoms. The number of aliphatic carboxylic acids is 2. The summed E-state index contributed by atoms with van der Waals surface area (Å²) in [6, 6.07) is 0. The second kappa shape index (κ2) is 7.85. The van der Waals surface area contributed by atoms with Crippen LogP contribution in [0.4, 0.5) is 0 Å². The van der Waals surface area contributed by atoms with Gasteiger partial charge in [-0.1, -0.05) is 0 Å². The molecule has 0 aromatic carbocycles. The lowest BCUT2D eigenvalue weighted by Gasteiger charge is -2.24. The predicted octanol–water partition coefficient (Wildman–Crippen LogP) is -3.76. The number of hydrogen-bond donors (Lipinski definition) is 7. The van der Waals surface area contributed by atoms with Crippen LogP contribution in [0.1, 0.15) is 12.8 Å². The number of ether oxygens (including phenoxy) is 1. The molecule has 21 heavy (non-hydrogen) atoms. The number of carboxylic acid groups (broad SMARTS) is 2. The molecule has 4 atom stereocenters. The Hall–Kier alpha value is -1.79. The molecule has 0 aliphatic heterocycles. The molecule has 7 N–H and O–H groups in total. The van der Waals surface area contributed by atoms with Crippen LogP contribution in [-0.2, 0) is 19.1 Å². The normalized spacial score (nSPS) is 18.1. The van der Waals surface area contributed by atoms with Crippen molar-refractivity contribution < 1.29 is 54.9 Å². The average Bonchev–Trinajstić information content (AvgIpc) is 2.35. The Morgan fingerprint density at radius 2 is 1.57 bits per heavy atom. The van der Waals surface area contributed by atoms with Crippen molar-refractivity contribution in [2.75, 3.05) is 6.61 Å². The van der Waals surface area contributed by atoms with E-state index < -0.39 is 61.5 Å². The predicted molar refractivity (Wildman–Crippen MR) is 60.7 cm³/mol. The lowest BCUT2D eigenvalue weighted by atomic mass is 9.96. The van der Waals surface area contributed by atoms with E-state index in [1.54, 1.807) is 0 Å². The molecule has 0 aromatic rings. The van der Waals surface area contributed by atoms with Gasteiger partial charge in [0.1, 0.15) is 12.2 Å². The maximum Gasteiger partial charge on any atom is 0.336 e. The zero-order chi connectivity index (χ0) is 16.8. The first-order chi connectivity index (χ1) is 9.53. The number of aliphatic hydroxyl groups excluding tert-OH is 4. The van der Waals surface area contributed by atoms with Crippen molar-refractivity contribution in [3.63, 3.8) is 0 Å². The fraction of sp³-hybridized carbons (Fsp3) is 0.700. The van der Waals surface area contributed by atoms with E-state index in [0.29, 0.717) is 0 Å². The molecule has 0 radical (unpaired) electrons. The molecule has 0 fully saturated rings. The Morgan fingerprint density at radius 1 is 1.05 bits per heavy atom. The van der Waals surface area contributed by atoms with Crippen molar-refractivity contribution in [2.45, 2.75) is 36.9 Å². The van der Waals surface area contributed by atoms with E-state index in [2.05, 4.69) is 4.74 Å². The number of carbonyl (C=O) groups is 3. The van der Waals surface area contributed by atoms with Gasteiger partial charge in [0.25, 0.3) is 0 Å². The van der Waals surface area contributed by atoms with E-state index in [1.807, 2.05) is 0 Å². The third-order valence-electron chi connectivity index (χ3n) is 2.40. The second-order valence-electron chi connectivity index (χ2n) is 4.20. The highest BCUT2D eigenvalue weighted by atomic mass is 16.6.